The second-order valence-corrected chi connectivity index (χ2v) is 4.30. The monoisotopic (exact) mass is 198 g/mol. The lowest BCUT2D eigenvalue weighted by atomic mass is 10.2. The normalized spacial score (nSPS) is 34.4. The number of amides is 1. The number of hydrogen-bond donors (Lipinski definition) is 2. The Kier molecular flexibility index (Phi) is 2.74. The van der Waals surface area contributed by atoms with Gasteiger partial charge < -0.3 is 15.3 Å². The average Bonchev–Trinajstić information content (AvgIpc) is 2.95. The molecule has 1 aliphatic carbocycles. The zero-order chi connectivity index (χ0) is 10.1. The van der Waals surface area contributed by atoms with Crippen LogP contribution < -0.4 is 5.32 Å². The van der Waals surface area contributed by atoms with Crippen LogP contribution in [0.5, 0.6) is 0 Å². The van der Waals surface area contributed by atoms with E-state index in [1.807, 2.05) is 4.90 Å². The minimum Gasteiger partial charge on any atom is -0.394 e. The molecule has 4 heteroatoms. The lowest BCUT2D eigenvalue weighted by molar-refractivity contribution is -0.136. The van der Waals surface area contributed by atoms with Crippen LogP contribution in [0.2, 0.25) is 0 Å². The fraction of sp³-hybridized carbons (Fsp3) is 0.900. The SMILES string of the molecule is CC1CCNC(CO)C(=O)N1C1CC1. The molecule has 0 aromatic heterocycles. The van der Waals surface area contributed by atoms with E-state index < -0.39 is 0 Å². The molecular formula is C10H18N2O2. The number of hydrogen-bond acceptors (Lipinski definition) is 3. The third kappa shape index (κ3) is 1.77. The molecule has 2 N–H and O–H groups in total. The van der Waals surface area contributed by atoms with E-state index in [2.05, 4.69) is 12.2 Å². The summed E-state index contributed by atoms with van der Waals surface area (Å²) in [7, 11) is 0. The Hall–Kier alpha value is -0.610. The second kappa shape index (κ2) is 3.87. The first-order valence-electron chi connectivity index (χ1n) is 5.40. The summed E-state index contributed by atoms with van der Waals surface area (Å²) >= 11 is 0. The molecule has 0 radical (unpaired) electrons. The minimum absolute atomic E-state index is 0.0833. The van der Waals surface area contributed by atoms with E-state index in [4.69, 9.17) is 5.11 Å². The predicted octanol–water partition coefficient (Wildman–Crippen LogP) is -0.280. The van der Waals surface area contributed by atoms with Gasteiger partial charge in [-0.1, -0.05) is 0 Å². The molecule has 14 heavy (non-hydrogen) atoms. The molecule has 0 bridgehead atoms. The summed E-state index contributed by atoms with van der Waals surface area (Å²) in [6, 6.07) is 0.394. The van der Waals surface area contributed by atoms with E-state index in [9.17, 15) is 4.79 Å². The first-order valence-corrected chi connectivity index (χ1v) is 5.40. The highest BCUT2D eigenvalue weighted by molar-refractivity contribution is 5.83. The average molecular weight is 198 g/mol. The summed E-state index contributed by atoms with van der Waals surface area (Å²) in [6.07, 6.45) is 3.25. The maximum atomic E-state index is 12.0. The van der Waals surface area contributed by atoms with Gasteiger partial charge in [0.2, 0.25) is 5.91 Å². The van der Waals surface area contributed by atoms with Crippen molar-refractivity contribution in [3.05, 3.63) is 0 Å². The second-order valence-electron chi connectivity index (χ2n) is 4.30. The smallest absolute Gasteiger partial charge is 0.242 e. The lowest BCUT2D eigenvalue weighted by Crippen LogP contribution is -2.48. The van der Waals surface area contributed by atoms with Gasteiger partial charge in [-0.15, -0.1) is 0 Å². The maximum Gasteiger partial charge on any atom is 0.242 e. The van der Waals surface area contributed by atoms with Crippen LogP contribution in [-0.2, 0) is 4.79 Å². The number of carbonyl (C=O) groups excluding carboxylic acids is 1. The van der Waals surface area contributed by atoms with Crippen LogP contribution >= 0.6 is 0 Å². The number of nitrogens with one attached hydrogen (secondary N) is 1. The Morgan fingerprint density at radius 1 is 1.50 bits per heavy atom. The molecule has 2 fully saturated rings. The fourth-order valence-electron chi connectivity index (χ4n) is 2.13. The van der Waals surface area contributed by atoms with Gasteiger partial charge in [-0.05, 0) is 32.7 Å². The predicted molar refractivity (Wildman–Crippen MR) is 52.8 cm³/mol. The van der Waals surface area contributed by atoms with Crippen LogP contribution in [0.4, 0.5) is 0 Å². The van der Waals surface area contributed by atoms with Crippen molar-refractivity contribution in [3.8, 4) is 0 Å². The molecule has 2 unspecified atom stereocenters. The molecule has 2 rings (SSSR count). The molecule has 1 aliphatic heterocycles. The molecule has 0 aromatic rings. The van der Waals surface area contributed by atoms with Crippen molar-refractivity contribution in [1.82, 2.24) is 10.2 Å². The molecule has 0 aromatic carbocycles. The van der Waals surface area contributed by atoms with Gasteiger partial charge >= 0.3 is 0 Å². The van der Waals surface area contributed by atoms with Gasteiger partial charge in [0.05, 0.1) is 6.61 Å². The van der Waals surface area contributed by atoms with Gasteiger partial charge in [0.15, 0.2) is 0 Å². The zero-order valence-corrected chi connectivity index (χ0v) is 8.57. The van der Waals surface area contributed by atoms with Gasteiger partial charge in [-0.25, -0.2) is 0 Å². The Bertz CT molecular complexity index is 228. The first kappa shape index (κ1) is 9.93. The first-order chi connectivity index (χ1) is 6.74. The van der Waals surface area contributed by atoms with Gasteiger partial charge in [0.1, 0.15) is 6.04 Å². The van der Waals surface area contributed by atoms with E-state index in [0.717, 1.165) is 25.8 Å². The standard InChI is InChI=1S/C10H18N2O2/c1-7-4-5-11-9(6-13)10(14)12(7)8-2-3-8/h7-9,11,13H,2-6H2,1H3. The Balaban J connectivity index is 2.11. The number of aliphatic hydroxyl groups is 1. The Morgan fingerprint density at radius 3 is 2.79 bits per heavy atom. The number of aliphatic hydroxyl groups excluding tert-OH is 1. The van der Waals surface area contributed by atoms with E-state index in [1.54, 1.807) is 0 Å². The number of rotatable bonds is 2. The van der Waals surface area contributed by atoms with Crippen molar-refractivity contribution in [2.45, 2.75) is 44.3 Å². The van der Waals surface area contributed by atoms with E-state index >= 15 is 0 Å². The van der Waals surface area contributed by atoms with Crippen molar-refractivity contribution in [2.75, 3.05) is 13.2 Å². The molecule has 80 valence electrons. The highest BCUT2D eigenvalue weighted by Crippen LogP contribution is 2.30. The highest BCUT2D eigenvalue weighted by atomic mass is 16.3. The molecular weight excluding hydrogens is 180 g/mol. The highest BCUT2D eigenvalue weighted by Gasteiger charge is 2.39. The third-order valence-electron chi connectivity index (χ3n) is 3.10. The van der Waals surface area contributed by atoms with Crippen LogP contribution in [0.3, 0.4) is 0 Å². The van der Waals surface area contributed by atoms with Crippen molar-refractivity contribution < 1.29 is 9.90 Å². The molecule has 2 atom stereocenters. The minimum atomic E-state index is -0.374. The fourth-order valence-corrected chi connectivity index (χ4v) is 2.13. The zero-order valence-electron chi connectivity index (χ0n) is 8.57. The maximum absolute atomic E-state index is 12.0. The lowest BCUT2D eigenvalue weighted by Gasteiger charge is -2.28. The van der Waals surface area contributed by atoms with Crippen molar-refractivity contribution in [3.63, 3.8) is 0 Å². The Labute approximate surface area is 84.3 Å². The summed E-state index contributed by atoms with van der Waals surface area (Å²) in [5.41, 5.74) is 0. The van der Waals surface area contributed by atoms with E-state index in [1.165, 1.54) is 0 Å². The number of nitrogens with zero attached hydrogens (tertiary/aromatic N) is 1. The van der Waals surface area contributed by atoms with Crippen LogP contribution in [-0.4, -0.2) is 47.2 Å². The third-order valence-corrected chi connectivity index (χ3v) is 3.10. The van der Waals surface area contributed by atoms with E-state index in [-0.39, 0.29) is 18.6 Å². The van der Waals surface area contributed by atoms with Crippen molar-refractivity contribution >= 4 is 5.91 Å². The largest absolute Gasteiger partial charge is 0.394 e. The molecule has 4 nitrogen and oxygen atoms in total. The van der Waals surface area contributed by atoms with Gasteiger partial charge in [0, 0.05) is 12.1 Å². The van der Waals surface area contributed by atoms with Gasteiger partial charge in [-0.2, -0.15) is 0 Å². The summed E-state index contributed by atoms with van der Waals surface area (Å²) < 4.78 is 0. The molecule has 1 saturated carbocycles. The quantitative estimate of drug-likeness (QED) is 0.641. The summed E-state index contributed by atoms with van der Waals surface area (Å²) in [6.45, 7) is 2.83. The number of carbonyl (C=O) groups is 1. The Morgan fingerprint density at radius 2 is 2.21 bits per heavy atom. The molecule has 0 spiro atoms. The van der Waals surface area contributed by atoms with Crippen molar-refractivity contribution in [2.24, 2.45) is 0 Å². The van der Waals surface area contributed by atoms with Crippen LogP contribution in [0.15, 0.2) is 0 Å². The summed E-state index contributed by atoms with van der Waals surface area (Å²) in [5, 5.41) is 12.2. The van der Waals surface area contributed by atoms with Crippen LogP contribution in [0.1, 0.15) is 26.2 Å². The molecule has 1 amide bonds. The topological polar surface area (TPSA) is 52.6 Å². The summed E-state index contributed by atoms with van der Waals surface area (Å²) in [5.74, 6) is 0.0833. The van der Waals surface area contributed by atoms with Crippen LogP contribution in [0.25, 0.3) is 0 Å². The molecule has 2 aliphatic rings. The van der Waals surface area contributed by atoms with Gasteiger partial charge in [0.25, 0.3) is 0 Å². The molecule has 1 saturated heterocycles. The van der Waals surface area contributed by atoms with Crippen molar-refractivity contribution in [1.29, 1.82) is 0 Å². The summed E-state index contributed by atoms with van der Waals surface area (Å²) in [4.78, 5) is 13.9. The molecule has 1 heterocycles. The van der Waals surface area contributed by atoms with Crippen LogP contribution in [0, 0.1) is 0 Å². The van der Waals surface area contributed by atoms with Gasteiger partial charge in [-0.3, -0.25) is 4.79 Å². The van der Waals surface area contributed by atoms with E-state index in [0.29, 0.717) is 12.1 Å².